The number of aliphatic hydroxyl groups excluding tert-OH is 1. The van der Waals surface area contributed by atoms with E-state index in [0.717, 1.165) is 21.4 Å². The molecule has 1 aromatic carbocycles. The molecule has 1 atom stereocenters. The van der Waals surface area contributed by atoms with Gasteiger partial charge in [0.05, 0.1) is 6.10 Å². The molecule has 0 spiro atoms. The lowest BCUT2D eigenvalue weighted by atomic mass is 10.1. The number of hydrogen-bond acceptors (Lipinski definition) is 3. The molecule has 0 aliphatic carbocycles. The van der Waals surface area contributed by atoms with Crippen molar-refractivity contribution >= 4 is 32.8 Å². The summed E-state index contributed by atoms with van der Waals surface area (Å²) in [5.41, 5.74) is 0. The second-order valence-electron chi connectivity index (χ2n) is 4.46. The lowest BCUT2D eigenvalue weighted by Crippen LogP contribution is -1.95. The van der Waals surface area contributed by atoms with Crippen LogP contribution >= 0.6 is 22.7 Å². The quantitative estimate of drug-likeness (QED) is 0.734. The first-order valence-electron chi connectivity index (χ1n) is 6.12. The summed E-state index contributed by atoms with van der Waals surface area (Å²) < 4.78 is 14.0. The molecule has 98 valence electrons. The summed E-state index contributed by atoms with van der Waals surface area (Å²) in [6.45, 7) is 0. The van der Waals surface area contributed by atoms with Gasteiger partial charge in [0.25, 0.3) is 0 Å². The van der Waals surface area contributed by atoms with Gasteiger partial charge in [-0.2, -0.15) is 0 Å². The van der Waals surface area contributed by atoms with Gasteiger partial charge in [-0.15, -0.1) is 22.7 Å². The normalized spacial score (nSPS) is 12.9. The smallest absolute Gasteiger partial charge is 0.124 e. The Morgan fingerprint density at radius 2 is 2.11 bits per heavy atom. The molecule has 2 heterocycles. The van der Waals surface area contributed by atoms with Crippen LogP contribution in [0, 0.1) is 5.82 Å². The number of thiophene rings is 2. The van der Waals surface area contributed by atoms with E-state index in [4.69, 9.17) is 0 Å². The first-order chi connectivity index (χ1) is 9.22. The van der Waals surface area contributed by atoms with Crippen LogP contribution in [0.15, 0.2) is 41.8 Å². The molecular formula is C15H13FOS2. The zero-order valence-corrected chi connectivity index (χ0v) is 11.8. The van der Waals surface area contributed by atoms with Crippen LogP contribution in [0.3, 0.4) is 0 Å². The van der Waals surface area contributed by atoms with Crippen molar-refractivity contribution < 1.29 is 9.50 Å². The molecule has 1 unspecified atom stereocenters. The minimum absolute atomic E-state index is 0.228. The molecule has 3 aromatic rings. The Morgan fingerprint density at radius 1 is 1.21 bits per heavy atom. The van der Waals surface area contributed by atoms with Crippen molar-refractivity contribution in [3.05, 3.63) is 57.3 Å². The van der Waals surface area contributed by atoms with Crippen molar-refractivity contribution in [2.75, 3.05) is 0 Å². The minimum Gasteiger partial charge on any atom is -0.388 e. The fourth-order valence-corrected chi connectivity index (χ4v) is 3.90. The van der Waals surface area contributed by atoms with Gasteiger partial charge < -0.3 is 5.11 Å². The zero-order chi connectivity index (χ0) is 13.2. The third-order valence-corrected chi connectivity index (χ3v) is 5.21. The van der Waals surface area contributed by atoms with Crippen molar-refractivity contribution in [2.45, 2.75) is 18.9 Å². The maximum Gasteiger partial charge on any atom is 0.124 e. The molecule has 0 saturated carbocycles. The summed E-state index contributed by atoms with van der Waals surface area (Å²) in [4.78, 5) is 2.20. The number of rotatable bonds is 4. The summed E-state index contributed by atoms with van der Waals surface area (Å²) in [5, 5.41) is 13.3. The maximum atomic E-state index is 13.1. The molecule has 4 heteroatoms. The van der Waals surface area contributed by atoms with Gasteiger partial charge in [-0.3, -0.25) is 0 Å². The molecular weight excluding hydrogens is 279 g/mol. The molecule has 0 aliphatic heterocycles. The second-order valence-corrected chi connectivity index (χ2v) is 6.61. The third kappa shape index (κ3) is 2.86. The van der Waals surface area contributed by atoms with E-state index in [1.165, 1.54) is 28.3 Å². The van der Waals surface area contributed by atoms with Gasteiger partial charge in [0.2, 0.25) is 0 Å². The standard InChI is InChI=1S/C15H13FOS2/c16-11-4-3-10-8-15(19-14(10)9-11)13(17)6-5-12-2-1-7-18-12/h1-4,7-9,13,17H,5-6H2. The molecule has 2 aromatic heterocycles. The van der Waals surface area contributed by atoms with Gasteiger partial charge in [-0.1, -0.05) is 12.1 Å². The van der Waals surface area contributed by atoms with E-state index < -0.39 is 6.10 Å². The summed E-state index contributed by atoms with van der Waals surface area (Å²) in [5.74, 6) is -0.228. The van der Waals surface area contributed by atoms with Gasteiger partial charge in [0.1, 0.15) is 5.82 Å². The van der Waals surface area contributed by atoms with Crippen molar-refractivity contribution in [1.29, 1.82) is 0 Å². The number of aliphatic hydroxyl groups is 1. The Balaban J connectivity index is 1.75. The molecule has 0 radical (unpaired) electrons. The fourth-order valence-electron chi connectivity index (χ4n) is 2.07. The Labute approximate surface area is 119 Å². The van der Waals surface area contributed by atoms with E-state index in [9.17, 15) is 9.50 Å². The molecule has 0 amide bonds. The molecule has 19 heavy (non-hydrogen) atoms. The number of benzene rings is 1. The summed E-state index contributed by atoms with van der Waals surface area (Å²) in [7, 11) is 0. The van der Waals surface area contributed by atoms with Crippen LogP contribution < -0.4 is 0 Å². The average Bonchev–Trinajstić information content (AvgIpc) is 3.04. The second kappa shape index (κ2) is 5.41. The largest absolute Gasteiger partial charge is 0.388 e. The van der Waals surface area contributed by atoms with Crippen LogP contribution in [0.25, 0.3) is 10.1 Å². The van der Waals surface area contributed by atoms with Crippen molar-refractivity contribution in [2.24, 2.45) is 0 Å². The first-order valence-corrected chi connectivity index (χ1v) is 7.81. The third-order valence-electron chi connectivity index (χ3n) is 3.07. The number of hydrogen-bond donors (Lipinski definition) is 1. The highest BCUT2D eigenvalue weighted by atomic mass is 32.1. The molecule has 0 saturated heterocycles. The van der Waals surface area contributed by atoms with E-state index in [2.05, 4.69) is 6.07 Å². The van der Waals surface area contributed by atoms with E-state index in [1.54, 1.807) is 17.4 Å². The Kier molecular flexibility index (Phi) is 3.64. The Morgan fingerprint density at radius 3 is 2.89 bits per heavy atom. The van der Waals surface area contributed by atoms with Crippen molar-refractivity contribution in [3.63, 3.8) is 0 Å². The SMILES string of the molecule is OC(CCc1cccs1)c1cc2ccc(F)cc2s1. The highest BCUT2D eigenvalue weighted by Crippen LogP contribution is 2.32. The summed E-state index contributed by atoms with van der Waals surface area (Å²) >= 11 is 3.18. The highest BCUT2D eigenvalue weighted by Gasteiger charge is 2.12. The number of halogens is 1. The van der Waals surface area contributed by atoms with Gasteiger partial charge in [0.15, 0.2) is 0 Å². The van der Waals surface area contributed by atoms with Gasteiger partial charge in [0, 0.05) is 14.5 Å². The zero-order valence-electron chi connectivity index (χ0n) is 10.2. The predicted molar refractivity (Wildman–Crippen MR) is 79.4 cm³/mol. The monoisotopic (exact) mass is 292 g/mol. The molecule has 1 N–H and O–H groups in total. The van der Waals surface area contributed by atoms with Crippen LogP contribution in [0.5, 0.6) is 0 Å². The fraction of sp³-hybridized carbons (Fsp3) is 0.200. The number of fused-ring (bicyclic) bond motifs is 1. The molecule has 0 fully saturated rings. The first kappa shape index (κ1) is 12.8. The maximum absolute atomic E-state index is 13.1. The molecule has 0 aliphatic rings. The Hall–Kier alpha value is -1.23. The lowest BCUT2D eigenvalue weighted by molar-refractivity contribution is 0.172. The van der Waals surface area contributed by atoms with E-state index >= 15 is 0 Å². The Bertz CT molecular complexity index is 673. The van der Waals surface area contributed by atoms with E-state index in [-0.39, 0.29) is 5.82 Å². The average molecular weight is 292 g/mol. The predicted octanol–water partition coefficient (Wildman–Crippen LogP) is 4.77. The van der Waals surface area contributed by atoms with Gasteiger partial charge in [-0.25, -0.2) is 4.39 Å². The molecule has 1 nitrogen and oxygen atoms in total. The molecule has 3 rings (SSSR count). The van der Waals surface area contributed by atoms with Crippen LogP contribution in [0.4, 0.5) is 4.39 Å². The van der Waals surface area contributed by atoms with Gasteiger partial charge in [-0.05, 0) is 47.9 Å². The van der Waals surface area contributed by atoms with Crippen LogP contribution in [-0.2, 0) is 6.42 Å². The van der Waals surface area contributed by atoms with Crippen LogP contribution in [0.1, 0.15) is 22.3 Å². The van der Waals surface area contributed by atoms with E-state index in [0.29, 0.717) is 6.42 Å². The van der Waals surface area contributed by atoms with E-state index in [1.807, 2.05) is 17.5 Å². The van der Waals surface area contributed by atoms with Crippen molar-refractivity contribution in [1.82, 2.24) is 0 Å². The van der Waals surface area contributed by atoms with Crippen molar-refractivity contribution in [3.8, 4) is 0 Å². The van der Waals surface area contributed by atoms with Crippen LogP contribution in [-0.4, -0.2) is 5.11 Å². The summed E-state index contributed by atoms with van der Waals surface area (Å²) in [6, 6.07) is 10.8. The van der Waals surface area contributed by atoms with Crippen LogP contribution in [0.2, 0.25) is 0 Å². The minimum atomic E-state index is -0.470. The lowest BCUT2D eigenvalue weighted by Gasteiger charge is -2.06. The highest BCUT2D eigenvalue weighted by molar-refractivity contribution is 7.19. The van der Waals surface area contributed by atoms with Gasteiger partial charge >= 0.3 is 0 Å². The topological polar surface area (TPSA) is 20.2 Å². The number of aryl methyl sites for hydroxylation is 1. The molecule has 0 bridgehead atoms. The summed E-state index contributed by atoms with van der Waals surface area (Å²) in [6.07, 6.45) is 1.11.